The van der Waals surface area contributed by atoms with Crippen LogP contribution < -0.4 is 11.4 Å². The van der Waals surface area contributed by atoms with E-state index in [4.69, 9.17) is 5.73 Å². The molecule has 4 heteroatoms. The lowest BCUT2D eigenvalue weighted by Crippen LogP contribution is -2.19. The van der Waals surface area contributed by atoms with Gasteiger partial charge in [-0.05, 0) is 25.0 Å². The largest absolute Gasteiger partial charge is 0.399 e. The van der Waals surface area contributed by atoms with Crippen molar-refractivity contribution in [3.05, 3.63) is 52.2 Å². The maximum absolute atomic E-state index is 11.4. The number of hydrogen-bond donors (Lipinski definition) is 2. The lowest BCUT2D eigenvalue weighted by Gasteiger charge is -2.06. The number of rotatable bonds is 3. The van der Waals surface area contributed by atoms with Crippen molar-refractivity contribution in [3.63, 3.8) is 0 Å². The first-order chi connectivity index (χ1) is 7.68. The summed E-state index contributed by atoms with van der Waals surface area (Å²) >= 11 is 0. The molecule has 0 saturated carbocycles. The predicted molar refractivity (Wildman–Crippen MR) is 64.3 cm³/mol. The summed E-state index contributed by atoms with van der Waals surface area (Å²) in [6.07, 6.45) is 2.49. The van der Waals surface area contributed by atoms with Gasteiger partial charge in [0.05, 0.1) is 0 Å². The number of aromatic amines is 1. The Kier molecular flexibility index (Phi) is 2.81. The number of aromatic nitrogens is 2. The molecule has 0 bridgehead atoms. The van der Waals surface area contributed by atoms with Crippen LogP contribution >= 0.6 is 0 Å². The van der Waals surface area contributed by atoms with Crippen LogP contribution in [0.25, 0.3) is 0 Å². The third-order valence-corrected chi connectivity index (χ3v) is 2.74. The second-order valence-electron chi connectivity index (χ2n) is 3.84. The molecule has 0 aliphatic rings. The molecule has 2 aromatic rings. The predicted octanol–water partition coefficient (Wildman–Crippen LogP) is 1.31. The van der Waals surface area contributed by atoms with Crippen LogP contribution in [0.15, 0.2) is 35.3 Å². The second kappa shape index (κ2) is 4.26. The van der Waals surface area contributed by atoms with Crippen LogP contribution in [0.2, 0.25) is 0 Å². The number of nitrogens with zero attached hydrogens (tertiary/aromatic N) is 1. The van der Waals surface area contributed by atoms with Crippen LogP contribution in [-0.2, 0) is 13.0 Å². The monoisotopic (exact) mass is 217 g/mol. The summed E-state index contributed by atoms with van der Waals surface area (Å²) in [6, 6.07) is 7.73. The highest BCUT2D eigenvalue weighted by Crippen LogP contribution is 2.11. The Bertz CT molecular complexity index is 539. The summed E-state index contributed by atoms with van der Waals surface area (Å²) in [5, 5.41) is 0. The van der Waals surface area contributed by atoms with E-state index in [0.717, 1.165) is 23.4 Å². The van der Waals surface area contributed by atoms with Crippen molar-refractivity contribution in [2.24, 2.45) is 0 Å². The molecule has 3 N–H and O–H groups in total. The molecule has 1 aromatic heterocycles. The van der Waals surface area contributed by atoms with E-state index in [0.29, 0.717) is 6.54 Å². The number of imidazole rings is 1. The Morgan fingerprint density at radius 1 is 1.38 bits per heavy atom. The molecule has 84 valence electrons. The van der Waals surface area contributed by atoms with Gasteiger partial charge in [0.2, 0.25) is 0 Å². The van der Waals surface area contributed by atoms with Crippen LogP contribution in [0.1, 0.15) is 11.3 Å². The van der Waals surface area contributed by atoms with E-state index in [-0.39, 0.29) is 5.69 Å². The van der Waals surface area contributed by atoms with Gasteiger partial charge in [0, 0.05) is 24.1 Å². The third kappa shape index (κ3) is 2.00. The highest BCUT2D eigenvalue weighted by atomic mass is 16.1. The molecule has 4 nitrogen and oxygen atoms in total. The minimum absolute atomic E-state index is 0.0630. The summed E-state index contributed by atoms with van der Waals surface area (Å²) in [4.78, 5) is 14.1. The number of nitrogens with two attached hydrogens (primary N) is 1. The van der Waals surface area contributed by atoms with Crippen LogP contribution in [0, 0.1) is 6.92 Å². The molecule has 0 atom stereocenters. The summed E-state index contributed by atoms with van der Waals surface area (Å²) in [5.41, 5.74) is 8.58. The molecule has 0 fully saturated rings. The normalized spacial score (nSPS) is 10.6. The lowest BCUT2D eigenvalue weighted by molar-refractivity contribution is 0.655. The molecule has 0 aliphatic carbocycles. The molecule has 0 saturated heterocycles. The van der Waals surface area contributed by atoms with Crippen molar-refractivity contribution in [1.29, 1.82) is 0 Å². The van der Waals surface area contributed by atoms with Crippen LogP contribution in [-0.4, -0.2) is 9.55 Å². The average molecular weight is 217 g/mol. The van der Waals surface area contributed by atoms with Gasteiger partial charge in [-0.15, -0.1) is 0 Å². The number of nitrogen functional groups attached to an aromatic ring is 1. The van der Waals surface area contributed by atoms with Gasteiger partial charge in [-0.2, -0.15) is 0 Å². The number of H-pyrrole nitrogens is 1. The van der Waals surface area contributed by atoms with E-state index in [1.807, 2.05) is 31.2 Å². The van der Waals surface area contributed by atoms with Gasteiger partial charge in [0.25, 0.3) is 0 Å². The van der Waals surface area contributed by atoms with Crippen molar-refractivity contribution >= 4 is 5.69 Å². The Morgan fingerprint density at radius 2 is 2.12 bits per heavy atom. The maximum Gasteiger partial charge on any atom is 0.325 e. The number of anilines is 1. The molecule has 0 spiro atoms. The Morgan fingerprint density at radius 3 is 2.75 bits per heavy atom. The van der Waals surface area contributed by atoms with Crippen molar-refractivity contribution in [2.45, 2.75) is 19.9 Å². The number of para-hydroxylation sites is 1. The summed E-state index contributed by atoms with van der Waals surface area (Å²) in [7, 11) is 0. The quantitative estimate of drug-likeness (QED) is 0.761. The van der Waals surface area contributed by atoms with Crippen molar-refractivity contribution in [3.8, 4) is 0 Å². The molecular formula is C12H15N3O. The SMILES string of the molecule is Cc1c[nH]c(=O)n1CCc1ccccc1N. The highest BCUT2D eigenvalue weighted by Gasteiger charge is 2.03. The van der Waals surface area contributed by atoms with Crippen LogP contribution in [0.4, 0.5) is 5.69 Å². The minimum atomic E-state index is -0.0630. The fraction of sp³-hybridized carbons (Fsp3) is 0.250. The first kappa shape index (κ1) is 10.5. The summed E-state index contributed by atoms with van der Waals surface area (Å²) in [5.74, 6) is 0. The van der Waals surface area contributed by atoms with E-state index in [1.54, 1.807) is 10.8 Å². The van der Waals surface area contributed by atoms with Gasteiger partial charge >= 0.3 is 5.69 Å². The van der Waals surface area contributed by atoms with Gasteiger partial charge in [-0.1, -0.05) is 18.2 Å². The molecule has 0 unspecified atom stereocenters. The van der Waals surface area contributed by atoms with E-state index in [2.05, 4.69) is 4.98 Å². The first-order valence-electron chi connectivity index (χ1n) is 5.26. The zero-order valence-electron chi connectivity index (χ0n) is 9.23. The number of benzene rings is 1. The minimum Gasteiger partial charge on any atom is -0.399 e. The number of nitrogens with one attached hydrogen (secondary N) is 1. The molecule has 0 aliphatic heterocycles. The molecular weight excluding hydrogens is 202 g/mol. The summed E-state index contributed by atoms with van der Waals surface area (Å²) in [6.45, 7) is 2.56. The zero-order valence-corrected chi connectivity index (χ0v) is 9.23. The van der Waals surface area contributed by atoms with E-state index < -0.39 is 0 Å². The Hall–Kier alpha value is -1.97. The number of hydrogen-bond acceptors (Lipinski definition) is 2. The lowest BCUT2D eigenvalue weighted by atomic mass is 10.1. The first-order valence-corrected chi connectivity index (χ1v) is 5.26. The smallest absolute Gasteiger partial charge is 0.325 e. The van der Waals surface area contributed by atoms with Gasteiger partial charge in [0.1, 0.15) is 0 Å². The topological polar surface area (TPSA) is 63.8 Å². The van der Waals surface area contributed by atoms with Crippen molar-refractivity contribution in [2.75, 3.05) is 5.73 Å². The number of aryl methyl sites for hydroxylation is 2. The summed E-state index contributed by atoms with van der Waals surface area (Å²) < 4.78 is 1.71. The maximum atomic E-state index is 11.4. The fourth-order valence-electron chi connectivity index (χ4n) is 1.75. The Balaban J connectivity index is 2.14. The average Bonchev–Trinajstić information content (AvgIpc) is 2.58. The molecule has 16 heavy (non-hydrogen) atoms. The van der Waals surface area contributed by atoms with Gasteiger partial charge in [-0.3, -0.25) is 4.57 Å². The fourth-order valence-corrected chi connectivity index (χ4v) is 1.75. The zero-order chi connectivity index (χ0) is 11.5. The molecule has 1 aromatic carbocycles. The molecule has 1 heterocycles. The van der Waals surface area contributed by atoms with Gasteiger partial charge < -0.3 is 10.7 Å². The standard InChI is InChI=1S/C12H15N3O/c1-9-8-14-12(16)15(9)7-6-10-4-2-3-5-11(10)13/h2-5,8H,6-7,13H2,1H3,(H,14,16). The van der Waals surface area contributed by atoms with E-state index in [1.165, 1.54) is 0 Å². The Labute approximate surface area is 93.7 Å². The van der Waals surface area contributed by atoms with E-state index in [9.17, 15) is 4.79 Å². The van der Waals surface area contributed by atoms with Gasteiger partial charge in [0.15, 0.2) is 0 Å². The van der Waals surface area contributed by atoms with Crippen LogP contribution in [0.3, 0.4) is 0 Å². The van der Waals surface area contributed by atoms with Gasteiger partial charge in [-0.25, -0.2) is 4.79 Å². The van der Waals surface area contributed by atoms with Crippen LogP contribution in [0.5, 0.6) is 0 Å². The molecule has 0 amide bonds. The van der Waals surface area contributed by atoms with Crippen molar-refractivity contribution in [1.82, 2.24) is 9.55 Å². The molecule has 0 radical (unpaired) electrons. The van der Waals surface area contributed by atoms with E-state index >= 15 is 0 Å². The molecule has 2 rings (SSSR count). The second-order valence-corrected chi connectivity index (χ2v) is 3.84. The highest BCUT2D eigenvalue weighted by molar-refractivity contribution is 5.46. The third-order valence-electron chi connectivity index (χ3n) is 2.74. The van der Waals surface area contributed by atoms with Crippen molar-refractivity contribution < 1.29 is 0 Å².